The fourth-order valence-electron chi connectivity index (χ4n) is 3.95. The highest BCUT2D eigenvalue weighted by atomic mass is 16.6. The molecule has 7 nitrogen and oxygen atoms in total. The first-order valence-electron chi connectivity index (χ1n) is 10.6. The van der Waals surface area contributed by atoms with Crippen LogP contribution < -0.4 is 15.0 Å². The first-order valence-corrected chi connectivity index (χ1v) is 10.6. The van der Waals surface area contributed by atoms with Crippen molar-refractivity contribution in [1.29, 1.82) is 0 Å². The van der Waals surface area contributed by atoms with E-state index in [2.05, 4.69) is 33.0 Å². The zero-order valence-electron chi connectivity index (χ0n) is 18.9. The summed E-state index contributed by atoms with van der Waals surface area (Å²) >= 11 is 0. The Kier molecular flexibility index (Phi) is 6.53. The van der Waals surface area contributed by atoms with Crippen LogP contribution in [0.25, 0.3) is 0 Å². The van der Waals surface area contributed by atoms with Gasteiger partial charge in [-0.25, -0.2) is 0 Å². The van der Waals surface area contributed by atoms with Crippen LogP contribution in [0.1, 0.15) is 56.5 Å². The molecule has 0 aromatic heterocycles. The Bertz CT molecular complexity index is 981. The summed E-state index contributed by atoms with van der Waals surface area (Å²) in [7, 11) is 1.54. The second-order valence-electron chi connectivity index (χ2n) is 9.27. The largest absolute Gasteiger partial charge is 0.495 e. The summed E-state index contributed by atoms with van der Waals surface area (Å²) in [5.41, 5.74) is 2.25. The van der Waals surface area contributed by atoms with Gasteiger partial charge in [0.15, 0.2) is 0 Å². The number of piperidine rings is 1. The normalized spacial score (nSPS) is 16.7. The Morgan fingerprint density at radius 2 is 1.97 bits per heavy atom. The Morgan fingerprint density at radius 1 is 1.23 bits per heavy atom. The van der Waals surface area contributed by atoms with Crippen molar-refractivity contribution in [3.05, 3.63) is 57.6 Å². The maximum atomic E-state index is 13.0. The third-order valence-electron chi connectivity index (χ3n) is 5.75. The molecule has 1 N–H and O–H groups in total. The molecule has 1 atom stereocenters. The second-order valence-corrected chi connectivity index (χ2v) is 9.27. The molecule has 0 radical (unpaired) electrons. The maximum absolute atomic E-state index is 13.0. The van der Waals surface area contributed by atoms with Crippen LogP contribution in [0.3, 0.4) is 0 Å². The highest BCUT2D eigenvalue weighted by Crippen LogP contribution is 2.34. The smallest absolute Gasteiger partial charge is 0.293 e. The van der Waals surface area contributed by atoms with Gasteiger partial charge < -0.3 is 15.0 Å². The third-order valence-corrected chi connectivity index (χ3v) is 5.75. The molecule has 1 fully saturated rings. The van der Waals surface area contributed by atoms with Crippen molar-refractivity contribution in [3.63, 3.8) is 0 Å². The minimum absolute atomic E-state index is 0.0443. The average Bonchev–Trinajstić information content (AvgIpc) is 2.72. The van der Waals surface area contributed by atoms with Crippen LogP contribution in [0.4, 0.5) is 17.1 Å². The molecule has 2 aromatic rings. The summed E-state index contributed by atoms with van der Waals surface area (Å²) in [6.07, 6.45) is 2.13. The van der Waals surface area contributed by atoms with Crippen LogP contribution >= 0.6 is 0 Å². The molecule has 0 bridgehead atoms. The quantitative estimate of drug-likeness (QED) is 0.513. The Balaban J connectivity index is 1.90. The second kappa shape index (κ2) is 8.96. The number of methoxy groups -OCH3 is 1. The topological polar surface area (TPSA) is 84.7 Å². The van der Waals surface area contributed by atoms with Gasteiger partial charge in [0.05, 0.1) is 17.7 Å². The number of carbonyl (C=O) groups is 1. The van der Waals surface area contributed by atoms with E-state index in [4.69, 9.17) is 4.74 Å². The first kappa shape index (κ1) is 22.6. The van der Waals surface area contributed by atoms with Gasteiger partial charge in [-0.1, -0.05) is 33.8 Å². The number of rotatable bonds is 5. The fourth-order valence-corrected chi connectivity index (χ4v) is 3.95. The summed E-state index contributed by atoms with van der Waals surface area (Å²) in [4.78, 5) is 26.4. The highest BCUT2D eigenvalue weighted by Gasteiger charge is 2.25. The van der Waals surface area contributed by atoms with Gasteiger partial charge in [-0.2, -0.15) is 0 Å². The summed E-state index contributed by atoms with van der Waals surface area (Å²) in [5, 5.41) is 14.6. The number of ether oxygens (including phenoxy) is 1. The molecular weight excluding hydrogens is 394 g/mol. The minimum Gasteiger partial charge on any atom is -0.495 e. The molecule has 0 aliphatic carbocycles. The maximum Gasteiger partial charge on any atom is 0.293 e. The molecular formula is C24H31N3O4. The minimum atomic E-state index is -0.411. The van der Waals surface area contributed by atoms with E-state index in [1.165, 1.54) is 6.07 Å². The molecule has 166 valence electrons. The molecule has 0 spiro atoms. The van der Waals surface area contributed by atoms with Crippen LogP contribution in [0.2, 0.25) is 0 Å². The lowest BCUT2D eigenvalue weighted by Gasteiger charge is -2.32. The molecule has 2 aromatic carbocycles. The van der Waals surface area contributed by atoms with Gasteiger partial charge in [0.2, 0.25) is 0 Å². The number of carbonyl (C=O) groups excluding carboxylic acids is 1. The number of nitrogens with zero attached hydrogens (tertiary/aromatic N) is 2. The van der Waals surface area contributed by atoms with Gasteiger partial charge in [0.1, 0.15) is 11.4 Å². The molecule has 0 unspecified atom stereocenters. The Morgan fingerprint density at radius 3 is 2.58 bits per heavy atom. The molecule has 1 aliphatic rings. The molecule has 3 rings (SSSR count). The van der Waals surface area contributed by atoms with Crippen molar-refractivity contribution >= 4 is 23.0 Å². The van der Waals surface area contributed by atoms with Gasteiger partial charge >= 0.3 is 0 Å². The van der Waals surface area contributed by atoms with E-state index in [1.807, 2.05) is 23.1 Å². The van der Waals surface area contributed by atoms with Gasteiger partial charge in [0, 0.05) is 24.7 Å². The molecule has 7 heteroatoms. The van der Waals surface area contributed by atoms with Crippen LogP contribution in [0, 0.1) is 16.0 Å². The number of hydrogen-bond acceptors (Lipinski definition) is 5. The standard InChI is InChI=1S/C24H31N3O4/c1-16-7-6-12-26(15-16)20-10-8-17(13-21(20)27(29)30)23(28)25-19-14-18(24(2,3)4)9-11-22(19)31-5/h8-11,13-14,16H,6-7,12,15H2,1-5H3,(H,25,28)/t16-/m0/s1. The highest BCUT2D eigenvalue weighted by molar-refractivity contribution is 6.06. The van der Waals surface area contributed by atoms with E-state index in [9.17, 15) is 14.9 Å². The van der Waals surface area contributed by atoms with Crippen LogP contribution in [0.5, 0.6) is 5.75 Å². The van der Waals surface area contributed by atoms with Crippen molar-refractivity contribution in [1.82, 2.24) is 0 Å². The number of benzene rings is 2. The van der Waals surface area contributed by atoms with Gasteiger partial charge in [-0.15, -0.1) is 0 Å². The predicted octanol–water partition coefficient (Wildman–Crippen LogP) is 5.39. The molecule has 1 saturated heterocycles. The molecule has 31 heavy (non-hydrogen) atoms. The summed E-state index contributed by atoms with van der Waals surface area (Å²) in [5.74, 6) is 0.611. The number of nitro groups is 1. The van der Waals surface area contributed by atoms with Crippen LogP contribution in [-0.4, -0.2) is 31.0 Å². The Labute approximate surface area is 183 Å². The van der Waals surface area contributed by atoms with E-state index in [0.717, 1.165) is 31.5 Å². The summed E-state index contributed by atoms with van der Waals surface area (Å²) < 4.78 is 5.39. The predicted molar refractivity (Wildman–Crippen MR) is 123 cm³/mol. The van der Waals surface area contributed by atoms with E-state index >= 15 is 0 Å². The van der Waals surface area contributed by atoms with Crippen molar-refractivity contribution in [2.45, 2.75) is 46.0 Å². The molecule has 1 aliphatic heterocycles. The zero-order valence-corrected chi connectivity index (χ0v) is 18.9. The summed E-state index contributed by atoms with van der Waals surface area (Å²) in [6, 6.07) is 10.4. The van der Waals surface area contributed by atoms with Crippen molar-refractivity contribution in [2.75, 3.05) is 30.4 Å². The van der Waals surface area contributed by atoms with Crippen molar-refractivity contribution in [2.24, 2.45) is 5.92 Å². The zero-order chi connectivity index (χ0) is 22.8. The van der Waals surface area contributed by atoms with E-state index in [-0.39, 0.29) is 16.7 Å². The van der Waals surface area contributed by atoms with E-state index < -0.39 is 10.8 Å². The molecule has 0 saturated carbocycles. The van der Waals surface area contributed by atoms with E-state index in [1.54, 1.807) is 19.2 Å². The Hall–Kier alpha value is -3.09. The summed E-state index contributed by atoms with van der Waals surface area (Å²) in [6.45, 7) is 9.98. The number of amides is 1. The van der Waals surface area contributed by atoms with Gasteiger partial charge in [-0.05, 0) is 54.0 Å². The lowest BCUT2D eigenvalue weighted by atomic mass is 9.87. The van der Waals surface area contributed by atoms with Gasteiger partial charge in [0.25, 0.3) is 11.6 Å². The first-order chi connectivity index (χ1) is 14.6. The lowest BCUT2D eigenvalue weighted by molar-refractivity contribution is -0.384. The fraction of sp³-hybridized carbons (Fsp3) is 0.458. The van der Waals surface area contributed by atoms with Crippen LogP contribution in [0.15, 0.2) is 36.4 Å². The number of anilines is 2. The number of nitro benzene ring substituents is 1. The van der Waals surface area contributed by atoms with Crippen LogP contribution in [-0.2, 0) is 5.41 Å². The number of nitrogens with one attached hydrogen (secondary N) is 1. The SMILES string of the molecule is COc1ccc(C(C)(C)C)cc1NC(=O)c1ccc(N2CCC[C@H](C)C2)c([N+](=O)[O-])c1. The van der Waals surface area contributed by atoms with E-state index in [0.29, 0.717) is 23.0 Å². The monoisotopic (exact) mass is 425 g/mol. The number of hydrogen-bond donors (Lipinski definition) is 1. The average molecular weight is 426 g/mol. The van der Waals surface area contributed by atoms with Crippen molar-refractivity contribution in [3.8, 4) is 5.75 Å². The molecule has 1 amide bonds. The third kappa shape index (κ3) is 5.16. The van der Waals surface area contributed by atoms with Crippen molar-refractivity contribution < 1.29 is 14.5 Å². The van der Waals surface area contributed by atoms with Gasteiger partial charge in [-0.3, -0.25) is 14.9 Å². The molecule has 1 heterocycles. The lowest BCUT2D eigenvalue weighted by Crippen LogP contribution is -2.34.